The lowest BCUT2D eigenvalue weighted by Crippen LogP contribution is -2.15. The molecule has 0 aromatic heterocycles. The third-order valence-corrected chi connectivity index (χ3v) is 4.35. The van der Waals surface area contributed by atoms with Gasteiger partial charge in [0.15, 0.2) is 0 Å². The number of carbonyl (C=O) groups is 1. The zero-order valence-electron chi connectivity index (χ0n) is 13.3. The van der Waals surface area contributed by atoms with E-state index < -0.39 is 5.82 Å². The average molecular weight is 330 g/mol. The molecule has 126 valence electrons. The molecule has 3 nitrogen and oxygen atoms in total. The Labute approximate surface area is 140 Å². The Hall–Kier alpha value is -2.27. The highest BCUT2D eigenvalue weighted by molar-refractivity contribution is 5.95. The smallest absolute Gasteiger partial charge is 0.224 e. The normalized spacial score (nSPS) is 17.0. The molecular formula is C19H20F2N2O. The quantitative estimate of drug-likeness (QED) is 0.871. The highest BCUT2D eigenvalue weighted by Gasteiger charge is 2.16. The maximum atomic E-state index is 13.6. The van der Waals surface area contributed by atoms with Crippen molar-refractivity contribution in [3.63, 3.8) is 0 Å². The fourth-order valence-electron chi connectivity index (χ4n) is 3.00. The first-order valence-electron chi connectivity index (χ1n) is 8.18. The first kappa shape index (κ1) is 16.6. The molecule has 1 saturated heterocycles. The van der Waals surface area contributed by atoms with Crippen LogP contribution in [0.3, 0.4) is 0 Å². The lowest BCUT2D eigenvalue weighted by molar-refractivity contribution is -0.116. The SMILES string of the molecule is O=C(CCC1CCNC1)Nc1ccc(F)cc1-c1ccc(F)cc1. The minimum absolute atomic E-state index is 0.0862. The number of rotatable bonds is 5. The van der Waals surface area contributed by atoms with E-state index in [1.807, 2.05) is 0 Å². The molecule has 1 amide bonds. The van der Waals surface area contributed by atoms with Gasteiger partial charge < -0.3 is 10.6 Å². The molecule has 2 aromatic rings. The minimum atomic E-state index is -0.399. The van der Waals surface area contributed by atoms with Gasteiger partial charge in [-0.05, 0) is 67.7 Å². The second-order valence-corrected chi connectivity index (χ2v) is 6.14. The number of nitrogens with one attached hydrogen (secondary N) is 2. The number of hydrogen-bond donors (Lipinski definition) is 2. The third kappa shape index (κ3) is 4.17. The van der Waals surface area contributed by atoms with Crippen LogP contribution in [-0.4, -0.2) is 19.0 Å². The summed E-state index contributed by atoms with van der Waals surface area (Å²) in [7, 11) is 0. The molecule has 2 N–H and O–H groups in total. The van der Waals surface area contributed by atoms with Gasteiger partial charge in [0, 0.05) is 17.7 Å². The van der Waals surface area contributed by atoms with Crippen LogP contribution < -0.4 is 10.6 Å². The van der Waals surface area contributed by atoms with E-state index in [0.29, 0.717) is 29.2 Å². The summed E-state index contributed by atoms with van der Waals surface area (Å²) in [5.41, 5.74) is 1.75. The van der Waals surface area contributed by atoms with Crippen LogP contribution in [0.25, 0.3) is 11.1 Å². The maximum Gasteiger partial charge on any atom is 0.224 e. The van der Waals surface area contributed by atoms with Gasteiger partial charge in [-0.25, -0.2) is 8.78 Å². The van der Waals surface area contributed by atoms with Crippen molar-refractivity contribution < 1.29 is 13.6 Å². The molecule has 1 atom stereocenters. The van der Waals surface area contributed by atoms with Crippen LogP contribution in [0, 0.1) is 17.6 Å². The van der Waals surface area contributed by atoms with E-state index in [-0.39, 0.29) is 11.7 Å². The van der Waals surface area contributed by atoms with Gasteiger partial charge in [-0.15, -0.1) is 0 Å². The van der Waals surface area contributed by atoms with Crippen LogP contribution in [0.1, 0.15) is 19.3 Å². The van der Waals surface area contributed by atoms with Gasteiger partial charge in [-0.1, -0.05) is 12.1 Å². The van der Waals surface area contributed by atoms with Gasteiger partial charge >= 0.3 is 0 Å². The molecule has 0 bridgehead atoms. The Bertz CT molecular complexity index is 710. The van der Waals surface area contributed by atoms with Crippen LogP contribution in [-0.2, 0) is 4.79 Å². The molecule has 0 aliphatic carbocycles. The number of carbonyl (C=O) groups excluding carboxylic acids is 1. The molecule has 1 aliphatic heterocycles. The molecule has 24 heavy (non-hydrogen) atoms. The van der Waals surface area contributed by atoms with Crippen LogP contribution in [0.5, 0.6) is 0 Å². The molecule has 5 heteroatoms. The van der Waals surface area contributed by atoms with E-state index in [2.05, 4.69) is 10.6 Å². The number of halogens is 2. The first-order chi connectivity index (χ1) is 11.6. The Kier molecular flexibility index (Phi) is 5.20. The number of hydrogen-bond acceptors (Lipinski definition) is 2. The zero-order valence-corrected chi connectivity index (χ0v) is 13.3. The molecule has 1 unspecified atom stereocenters. The zero-order chi connectivity index (χ0) is 16.9. The molecule has 0 saturated carbocycles. The van der Waals surface area contributed by atoms with E-state index in [1.165, 1.54) is 24.3 Å². The summed E-state index contributed by atoms with van der Waals surface area (Å²) in [6.07, 6.45) is 2.38. The van der Waals surface area contributed by atoms with E-state index >= 15 is 0 Å². The van der Waals surface area contributed by atoms with Gasteiger partial charge in [-0.3, -0.25) is 4.79 Å². The standard InChI is InChI=1S/C19H20F2N2O/c20-15-4-2-14(3-5-15)17-11-16(21)6-7-18(17)23-19(24)8-1-13-9-10-22-12-13/h2-7,11,13,22H,1,8-10,12H2,(H,23,24). The Morgan fingerprint density at radius 2 is 1.88 bits per heavy atom. The van der Waals surface area contributed by atoms with Crippen molar-refractivity contribution in [2.45, 2.75) is 19.3 Å². The van der Waals surface area contributed by atoms with Gasteiger partial charge in [0.25, 0.3) is 0 Å². The first-order valence-corrected chi connectivity index (χ1v) is 8.18. The molecule has 1 aliphatic rings. The van der Waals surface area contributed by atoms with E-state index in [4.69, 9.17) is 0 Å². The second-order valence-electron chi connectivity index (χ2n) is 6.14. The van der Waals surface area contributed by atoms with Crippen molar-refractivity contribution in [2.24, 2.45) is 5.92 Å². The summed E-state index contributed by atoms with van der Waals surface area (Å²) in [4.78, 5) is 12.2. The number of benzene rings is 2. The summed E-state index contributed by atoms with van der Waals surface area (Å²) in [5, 5.41) is 6.14. The highest BCUT2D eigenvalue weighted by atomic mass is 19.1. The highest BCUT2D eigenvalue weighted by Crippen LogP contribution is 2.29. The van der Waals surface area contributed by atoms with Crippen molar-refractivity contribution in [3.8, 4) is 11.1 Å². The Balaban J connectivity index is 1.72. The molecule has 1 fully saturated rings. The Morgan fingerprint density at radius 1 is 1.12 bits per heavy atom. The Morgan fingerprint density at radius 3 is 2.58 bits per heavy atom. The van der Waals surface area contributed by atoms with Gasteiger partial charge in [0.1, 0.15) is 11.6 Å². The second kappa shape index (κ2) is 7.53. The predicted octanol–water partition coefficient (Wildman–Crippen LogP) is 3.96. The maximum absolute atomic E-state index is 13.6. The molecule has 2 aromatic carbocycles. The van der Waals surface area contributed by atoms with Crippen molar-refractivity contribution in [2.75, 3.05) is 18.4 Å². The summed E-state index contributed by atoms with van der Waals surface area (Å²) in [5.74, 6) is -0.298. The van der Waals surface area contributed by atoms with Crippen molar-refractivity contribution in [3.05, 3.63) is 54.1 Å². The van der Waals surface area contributed by atoms with E-state index in [1.54, 1.807) is 18.2 Å². The van der Waals surface area contributed by atoms with Crippen molar-refractivity contribution in [1.82, 2.24) is 5.32 Å². The fourth-order valence-corrected chi connectivity index (χ4v) is 3.00. The lowest BCUT2D eigenvalue weighted by atomic mass is 10.0. The summed E-state index contributed by atoms with van der Waals surface area (Å²) < 4.78 is 26.7. The minimum Gasteiger partial charge on any atom is -0.326 e. The topological polar surface area (TPSA) is 41.1 Å². The monoisotopic (exact) mass is 330 g/mol. The summed E-state index contributed by atoms with van der Waals surface area (Å²) in [6, 6.07) is 9.99. The van der Waals surface area contributed by atoms with Crippen LogP contribution in [0.15, 0.2) is 42.5 Å². The number of amides is 1. The summed E-state index contributed by atoms with van der Waals surface area (Å²) in [6.45, 7) is 1.98. The van der Waals surface area contributed by atoms with Crippen molar-refractivity contribution >= 4 is 11.6 Å². The third-order valence-electron chi connectivity index (χ3n) is 4.35. The van der Waals surface area contributed by atoms with Gasteiger partial charge in [0.05, 0.1) is 0 Å². The molecular weight excluding hydrogens is 310 g/mol. The predicted molar refractivity (Wildman–Crippen MR) is 90.6 cm³/mol. The van der Waals surface area contributed by atoms with E-state index in [0.717, 1.165) is 25.9 Å². The van der Waals surface area contributed by atoms with Crippen molar-refractivity contribution in [1.29, 1.82) is 0 Å². The van der Waals surface area contributed by atoms with Crippen LogP contribution >= 0.6 is 0 Å². The largest absolute Gasteiger partial charge is 0.326 e. The molecule has 0 spiro atoms. The summed E-state index contributed by atoms with van der Waals surface area (Å²) >= 11 is 0. The number of anilines is 1. The van der Waals surface area contributed by atoms with Gasteiger partial charge in [0.2, 0.25) is 5.91 Å². The molecule has 1 heterocycles. The van der Waals surface area contributed by atoms with E-state index in [9.17, 15) is 13.6 Å². The molecule has 3 rings (SSSR count). The van der Waals surface area contributed by atoms with Gasteiger partial charge in [-0.2, -0.15) is 0 Å². The van der Waals surface area contributed by atoms with Crippen LogP contribution in [0.4, 0.5) is 14.5 Å². The fraction of sp³-hybridized carbons (Fsp3) is 0.316. The average Bonchev–Trinajstić information content (AvgIpc) is 3.09. The lowest BCUT2D eigenvalue weighted by Gasteiger charge is -2.13. The molecule has 0 radical (unpaired) electrons. The van der Waals surface area contributed by atoms with Crippen LogP contribution in [0.2, 0.25) is 0 Å².